The molecule has 0 radical (unpaired) electrons. The molecule has 0 fully saturated rings. The Morgan fingerprint density at radius 3 is 2.76 bits per heavy atom. The van der Waals surface area contributed by atoms with Gasteiger partial charge in [-0.1, -0.05) is 25.1 Å². The van der Waals surface area contributed by atoms with E-state index in [2.05, 4.69) is 10.4 Å². The molecular weight excluding hydrogens is 214 g/mol. The van der Waals surface area contributed by atoms with Crippen LogP contribution in [0, 0.1) is 0 Å². The van der Waals surface area contributed by atoms with Crippen molar-refractivity contribution in [3.63, 3.8) is 0 Å². The van der Waals surface area contributed by atoms with Gasteiger partial charge in [0.2, 0.25) is 0 Å². The molecule has 0 saturated heterocycles. The Bertz CT molecular complexity index is 453. The van der Waals surface area contributed by atoms with Crippen molar-refractivity contribution < 1.29 is 5.11 Å². The highest BCUT2D eigenvalue weighted by Gasteiger charge is 2.11. The summed E-state index contributed by atoms with van der Waals surface area (Å²) in [5.74, 6) is 0. The van der Waals surface area contributed by atoms with Gasteiger partial charge in [0.05, 0.1) is 24.5 Å². The van der Waals surface area contributed by atoms with E-state index in [4.69, 9.17) is 0 Å². The van der Waals surface area contributed by atoms with Crippen molar-refractivity contribution in [1.29, 1.82) is 0 Å². The summed E-state index contributed by atoms with van der Waals surface area (Å²) in [7, 11) is 0. The minimum Gasteiger partial charge on any atom is -0.394 e. The third kappa shape index (κ3) is 2.72. The molecule has 4 nitrogen and oxygen atoms in total. The van der Waals surface area contributed by atoms with E-state index in [0.717, 1.165) is 17.8 Å². The van der Waals surface area contributed by atoms with E-state index < -0.39 is 0 Å². The van der Waals surface area contributed by atoms with Crippen LogP contribution in [0.2, 0.25) is 0 Å². The number of benzene rings is 1. The van der Waals surface area contributed by atoms with Crippen LogP contribution < -0.4 is 5.32 Å². The summed E-state index contributed by atoms with van der Waals surface area (Å²) in [4.78, 5) is 0. The van der Waals surface area contributed by atoms with Crippen LogP contribution in [0.3, 0.4) is 0 Å². The standard InChI is InChI=1S/C13H17N3O/c1-2-14-13(10-17)11-8-15-16(9-11)12-6-4-3-5-7-12/h3-9,13-14,17H,2,10H2,1H3. The highest BCUT2D eigenvalue weighted by atomic mass is 16.3. The first-order chi connectivity index (χ1) is 8.35. The lowest BCUT2D eigenvalue weighted by Gasteiger charge is -2.12. The zero-order chi connectivity index (χ0) is 12.1. The number of nitrogens with zero attached hydrogens (tertiary/aromatic N) is 2. The van der Waals surface area contributed by atoms with Gasteiger partial charge in [0.1, 0.15) is 0 Å². The van der Waals surface area contributed by atoms with Crippen LogP contribution >= 0.6 is 0 Å². The van der Waals surface area contributed by atoms with Crippen molar-refractivity contribution in [1.82, 2.24) is 15.1 Å². The molecule has 2 rings (SSSR count). The Morgan fingerprint density at radius 2 is 2.12 bits per heavy atom. The maximum Gasteiger partial charge on any atom is 0.0645 e. The lowest BCUT2D eigenvalue weighted by atomic mass is 10.2. The van der Waals surface area contributed by atoms with Crippen LogP contribution in [0.25, 0.3) is 5.69 Å². The number of hydrogen-bond acceptors (Lipinski definition) is 3. The van der Waals surface area contributed by atoms with E-state index in [-0.39, 0.29) is 12.6 Å². The van der Waals surface area contributed by atoms with Crippen LogP contribution in [0.1, 0.15) is 18.5 Å². The summed E-state index contributed by atoms with van der Waals surface area (Å²) in [5, 5.41) is 16.8. The molecule has 0 aliphatic carbocycles. The molecule has 2 aromatic rings. The zero-order valence-corrected chi connectivity index (χ0v) is 9.87. The number of para-hydroxylation sites is 1. The molecule has 1 aromatic heterocycles. The minimum absolute atomic E-state index is 0.0440. The Kier molecular flexibility index (Phi) is 3.90. The van der Waals surface area contributed by atoms with Crippen LogP contribution in [0.4, 0.5) is 0 Å². The van der Waals surface area contributed by atoms with E-state index in [0.29, 0.717) is 0 Å². The largest absolute Gasteiger partial charge is 0.394 e. The SMILES string of the molecule is CCNC(CO)c1cnn(-c2ccccc2)c1. The molecular formula is C13H17N3O. The second-order valence-electron chi connectivity index (χ2n) is 3.85. The highest BCUT2D eigenvalue weighted by Crippen LogP contribution is 2.14. The molecule has 0 saturated carbocycles. The summed E-state index contributed by atoms with van der Waals surface area (Å²) < 4.78 is 1.81. The van der Waals surface area contributed by atoms with Gasteiger partial charge >= 0.3 is 0 Å². The summed E-state index contributed by atoms with van der Waals surface area (Å²) in [6, 6.07) is 9.88. The number of aromatic nitrogens is 2. The van der Waals surface area contributed by atoms with Crippen molar-refractivity contribution >= 4 is 0 Å². The molecule has 1 atom stereocenters. The van der Waals surface area contributed by atoms with E-state index in [1.807, 2.05) is 48.1 Å². The number of aliphatic hydroxyl groups excluding tert-OH is 1. The van der Waals surface area contributed by atoms with Crippen molar-refractivity contribution in [3.05, 3.63) is 48.3 Å². The summed E-state index contributed by atoms with van der Waals surface area (Å²) in [5.41, 5.74) is 2.02. The molecule has 4 heteroatoms. The fraction of sp³-hybridized carbons (Fsp3) is 0.308. The number of rotatable bonds is 5. The first-order valence-corrected chi connectivity index (χ1v) is 5.79. The average Bonchev–Trinajstić information content (AvgIpc) is 2.86. The molecule has 0 aliphatic heterocycles. The van der Waals surface area contributed by atoms with E-state index in [1.165, 1.54) is 0 Å². The van der Waals surface area contributed by atoms with Gasteiger partial charge in [-0.05, 0) is 18.7 Å². The van der Waals surface area contributed by atoms with Crippen LogP contribution in [-0.2, 0) is 0 Å². The van der Waals surface area contributed by atoms with Crippen molar-refractivity contribution in [2.45, 2.75) is 13.0 Å². The zero-order valence-electron chi connectivity index (χ0n) is 9.87. The third-order valence-corrected chi connectivity index (χ3v) is 2.66. The minimum atomic E-state index is -0.0440. The van der Waals surface area contributed by atoms with Gasteiger partial charge in [-0.15, -0.1) is 0 Å². The second kappa shape index (κ2) is 5.61. The molecule has 17 heavy (non-hydrogen) atoms. The van der Waals surface area contributed by atoms with Crippen molar-refractivity contribution in [2.75, 3.05) is 13.2 Å². The average molecular weight is 231 g/mol. The van der Waals surface area contributed by atoms with Gasteiger partial charge in [0.15, 0.2) is 0 Å². The Labute approximate surface area is 101 Å². The highest BCUT2D eigenvalue weighted by molar-refractivity contribution is 5.31. The Hall–Kier alpha value is -1.65. The maximum absolute atomic E-state index is 9.29. The van der Waals surface area contributed by atoms with Crippen LogP contribution in [0.5, 0.6) is 0 Å². The fourth-order valence-corrected chi connectivity index (χ4v) is 1.77. The van der Waals surface area contributed by atoms with Gasteiger partial charge < -0.3 is 10.4 Å². The lowest BCUT2D eigenvalue weighted by Crippen LogP contribution is -2.23. The van der Waals surface area contributed by atoms with Gasteiger partial charge in [-0.25, -0.2) is 4.68 Å². The number of likely N-dealkylation sites (N-methyl/N-ethyl adjacent to an activating group) is 1. The molecule has 90 valence electrons. The fourth-order valence-electron chi connectivity index (χ4n) is 1.77. The molecule has 0 amide bonds. The van der Waals surface area contributed by atoms with Gasteiger partial charge in [-0.3, -0.25) is 0 Å². The van der Waals surface area contributed by atoms with E-state index in [1.54, 1.807) is 6.20 Å². The molecule has 0 spiro atoms. The second-order valence-corrected chi connectivity index (χ2v) is 3.85. The first-order valence-electron chi connectivity index (χ1n) is 5.79. The Morgan fingerprint density at radius 1 is 1.35 bits per heavy atom. The quantitative estimate of drug-likeness (QED) is 0.820. The third-order valence-electron chi connectivity index (χ3n) is 2.66. The predicted octanol–water partition coefficient (Wildman–Crippen LogP) is 1.52. The topological polar surface area (TPSA) is 50.1 Å². The first kappa shape index (κ1) is 11.8. The number of hydrogen-bond donors (Lipinski definition) is 2. The number of nitrogens with one attached hydrogen (secondary N) is 1. The maximum atomic E-state index is 9.29. The smallest absolute Gasteiger partial charge is 0.0645 e. The molecule has 1 unspecified atom stereocenters. The predicted molar refractivity (Wildman–Crippen MR) is 67.1 cm³/mol. The summed E-state index contributed by atoms with van der Waals surface area (Å²) in [6.07, 6.45) is 3.73. The monoisotopic (exact) mass is 231 g/mol. The van der Waals surface area contributed by atoms with Gasteiger partial charge in [0, 0.05) is 11.8 Å². The van der Waals surface area contributed by atoms with Crippen molar-refractivity contribution in [2.24, 2.45) is 0 Å². The van der Waals surface area contributed by atoms with Gasteiger partial charge in [-0.2, -0.15) is 5.10 Å². The Balaban J connectivity index is 2.21. The molecule has 0 aliphatic rings. The summed E-state index contributed by atoms with van der Waals surface area (Å²) in [6.45, 7) is 2.92. The van der Waals surface area contributed by atoms with Gasteiger partial charge in [0.25, 0.3) is 0 Å². The molecule has 1 aromatic carbocycles. The molecule has 1 heterocycles. The molecule has 0 bridgehead atoms. The van der Waals surface area contributed by atoms with Crippen LogP contribution in [0.15, 0.2) is 42.7 Å². The number of aliphatic hydroxyl groups is 1. The van der Waals surface area contributed by atoms with E-state index >= 15 is 0 Å². The summed E-state index contributed by atoms with van der Waals surface area (Å²) >= 11 is 0. The van der Waals surface area contributed by atoms with Crippen LogP contribution in [-0.4, -0.2) is 28.0 Å². The van der Waals surface area contributed by atoms with Crippen molar-refractivity contribution in [3.8, 4) is 5.69 Å². The molecule has 2 N–H and O–H groups in total. The lowest BCUT2D eigenvalue weighted by molar-refractivity contribution is 0.246. The normalized spacial score (nSPS) is 12.6. The van der Waals surface area contributed by atoms with E-state index in [9.17, 15) is 5.11 Å².